The third kappa shape index (κ3) is 3.16. The van der Waals surface area contributed by atoms with Crippen LogP contribution < -0.4 is 5.56 Å². The van der Waals surface area contributed by atoms with Crippen molar-refractivity contribution in [3.8, 4) is 5.69 Å². The summed E-state index contributed by atoms with van der Waals surface area (Å²) >= 11 is 6.84. The molecule has 3 aromatic carbocycles. The van der Waals surface area contributed by atoms with Crippen molar-refractivity contribution in [3.05, 3.63) is 96.3 Å². The number of hydrogen-bond donors (Lipinski definition) is 1. The summed E-state index contributed by atoms with van der Waals surface area (Å²) in [6.45, 7) is 1.73. The number of benzene rings is 3. The molecule has 9 heteroatoms. The van der Waals surface area contributed by atoms with Gasteiger partial charge in [0.05, 0.1) is 28.6 Å². The van der Waals surface area contributed by atoms with E-state index in [4.69, 9.17) is 0 Å². The topological polar surface area (TPSA) is 87.5 Å². The van der Waals surface area contributed by atoms with Gasteiger partial charge in [-0.15, -0.1) is 0 Å². The molecule has 0 fully saturated rings. The van der Waals surface area contributed by atoms with E-state index >= 15 is 0 Å². The number of carbonyl (C=O) groups excluding carboxylic acids is 2. The van der Waals surface area contributed by atoms with Gasteiger partial charge in [0.15, 0.2) is 0 Å². The smallest absolute Gasteiger partial charge is 0.282 e. The first-order chi connectivity index (χ1) is 15.4. The largest absolute Gasteiger partial charge is 0.295 e. The van der Waals surface area contributed by atoms with E-state index in [1.165, 1.54) is 10.9 Å². The van der Waals surface area contributed by atoms with E-state index in [0.29, 0.717) is 27.9 Å². The number of nitrogens with one attached hydrogen (secondary N) is 1. The summed E-state index contributed by atoms with van der Waals surface area (Å²) in [6.07, 6.45) is 1.25. The molecule has 7 nitrogen and oxygen atoms in total. The van der Waals surface area contributed by atoms with Crippen LogP contribution in [0, 0.1) is 6.92 Å². The maximum absolute atomic E-state index is 13.1. The van der Waals surface area contributed by atoms with Crippen LogP contribution in [-0.4, -0.2) is 32.8 Å². The van der Waals surface area contributed by atoms with Crippen LogP contribution in [0.25, 0.3) is 16.5 Å². The highest BCUT2D eigenvalue weighted by Gasteiger charge is 2.33. The van der Waals surface area contributed by atoms with Gasteiger partial charge in [-0.2, -0.15) is 10.1 Å². The predicted octanol–water partition coefficient (Wildman–Crippen LogP) is 4.78. The average molecular weight is 554 g/mol. The van der Waals surface area contributed by atoms with Crippen LogP contribution >= 0.6 is 31.9 Å². The molecule has 0 bridgehead atoms. The number of aryl methyl sites for hydroxylation is 1. The van der Waals surface area contributed by atoms with Gasteiger partial charge in [0.25, 0.3) is 17.4 Å². The quantitative estimate of drug-likeness (QED) is 0.292. The molecule has 0 aliphatic carbocycles. The highest BCUT2D eigenvalue weighted by atomic mass is 79.9. The van der Waals surface area contributed by atoms with Crippen LogP contribution in [0.2, 0.25) is 0 Å². The first-order valence-electron chi connectivity index (χ1n) is 9.58. The highest BCUT2D eigenvalue weighted by molar-refractivity contribution is 9.11. The van der Waals surface area contributed by atoms with Gasteiger partial charge in [0.1, 0.15) is 0 Å². The van der Waals surface area contributed by atoms with Gasteiger partial charge >= 0.3 is 0 Å². The fourth-order valence-electron chi connectivity index (χ4n) is 3.75. The maximum Gasteiger partial charge on any atom is 0.282 e. The van der Waals surface area contributed by atoms with Crippen LogP contribution in [0.3, 0.4) is 0 Å². The van der Waals surface area contributed by atoms with Crippen molar-refractivity contribution >= 4 is 60.7 Å². The number of aromatic nitrogens is 2. The van der Waals surface area contributed by atoms with Crippen molar-refractivity contribution in [1.82, 2.24) is 14.8 Å². The van der Waals surface area contributed by atoms with Gasteiger partial charge in [0, 0.05) is 20.0 Å². The van der Waals surface area contributed by atoms with Gasteiger partial charge in [0.2, 0.25) is 0 Å². The molecule has 0 spiro atoms. The monoisotopic (exact) mass is 552 g/mol. The Morgan fingerprint density at radius 2 is 1.59 bits per heavy atom. The lowest BCUT2D eigenvalue weighted by Crippen LogP contribution is -2.36. The molecule has 0 radical (unpaired) electrons. The molecule has 1 aliphatic heterocycles. The van der Waals surface area contributed by atoms with Crippen molar-refractivity contribution in [2.75, 3.05) is 0 Å². The number of amides is 2. The Kier molecular flexibility index (Phi) is 4.94. The van der Waals surface area contributed by atoms with Gasteiger partial charge in [-0.05, 0) is 54.8 Å². The molecular weight excluding hydrogens is 540 g/mol. The molecule has 2 amide bonds. The van der Waals surface area contributed by atoms with E-state index in [0.717, 1.165) is 19.3 Å². The molecule has 1 aliphatic rings. The Morgan fingerprint density at radius 1 is 0.906 bits per heavy atom. The third-order valence-electron chi connectivity index (χ3n) is 5.34. The summed E-state index contributed by atoms with van der Waals surface area (Å²) in [6, 6.07) is 15.9. The number of hydrogen-bond acceptors (Lipinski definition) is 4. The Bertz CT molecular complexity index is 1490. The summed E-state index contributed by atoms with van der Waals surface area (Å²) in [5, 5.41) is 9.31. The second kappa shape index (κ2) is 7.68. The molecule has 32 heavy (non-hydrogen) atoms. The number of imide groups is 1. The Hall–Kier alpha value is -3.30. The van der Waals surface area contributed by atoms with Crippen LogP contribution in [0.5, 0.6) is 0 Å². The van der Waals surface area contributed by atoms with E-state index in [2.05, 4.69) is 42.1 Å². The SMILES string of the molecule is Cc1[nH]n(-c2ccc(Br)cc2)c(=O)c1C=NN1C(=O)c2cccc3c(Br)ccc(c23)C1=O. The van der Waals surface area contributed by atoms with Crippen LogP contribution in [0.15, 0.2) is 73.4 Å². The van der Waals surface area contributed by atoms with Crippen molar-refractivity contribution in [1.29, 1.82) is 0 Å². The fourth-order valence-corrected chi connectivity index (χ4v) is 4.48. The minimum atomic E-state index is -0.538. The normalized spacial score (nSPS) is 13.5. The molecule has 0 saturated heterocycles. The zero-order valence-electron chi connectivity index (χ0n) is 16.6. The minimum absolute atomic E-state index is 0.258. The van der Waals surface area contributed by atoms with Gasteiger partial charge in [-0.1, -0.05) is 44.0 Å². The lowest BCUT2D eigenvalue weighted by Gasteiger charge is -2.23. The third-order valence-corrected chi connectivity index (χ3v) is 6.56. The second-order valence-electron chi connectivity index (χ2n) is 7.26. The summed E-state index contributed by atoms with van der Waals surface area (Å²) in [7, 11) is 0. The van der Waals surface area contributed by atoms with E-state index in [1.54, 1.807) is 43.3 Å². The highest BCUT2D eigenvalue weighted by Crippen LogP contribution is 2.34. The van der Waals surface area contributed by atoms with E-state index < -0.39 is 11.8 Å². The Balaban J connectivity index is 1.55. The second-order valence-corrected chi connectivity index (χ2v) is 9.03. The zero-order chi connectivity index (χ0) is 22.6. The fraction of sp³-hybridized carbons (Fsp3) is 0.0435. The number of H-pyrrole nitrogens is 1. The van der Waals surface area contributed by atoms with Crippen molar-refractivity contribution in [2.24, 2.45) is 5.10 Å². The number of aromatic amines is 1. The number of hydrazone groups is 1. The van der Waals surface area contributed by atoms with Gasteiger partial charge in [-0.3, -0.25) is 19.5 Å². The van der Waals surface area contributed by atoms with Gasteiger partial charge < -0.3 is 0 Å². The Morgan fingerprint density at radius 3 is 2.31 bits per heavy atom. The van der Waals surface area contributed by atoms with Crippen LogP contribution in [0.4, 0.5) is 0 Å². The first kappa shape index (κ1) is 20.6. The van der Waals surface area contributed by atoms with Crippen LogP contribution in [-0.2, 0) is 0 Å². The standard InChI is InChI=1S/C23H14Br2N4O3/c1-12-18(23(32)28(27-12)14-7-5-13(24)6-8-14)11-26-29-21(30)16-4-2-3-15-19(25)10-9-17(20(15)16)22(29)31/h2-11,27H,1H3. The molecular formula is C23H14Br2N4O3. The first-order valence-corrected chi connectivity index (χ1v) is 11.2. The molecule has 2 heterocycles. The lowest BCUT2D eigenvalue weighted by atomic mass is 9.95. The van der Waals surface area contributed by atoms with E-state index in [9.17, 15) is 14.4 Å². The molecule has 0 atom stereocenters. The Labute approximate surface area is 198 Å². The molecule has 1 N–H and O–H groups in total. The van der Waals surface area contributed by atoms with Gasteiger partial charge in [-0.25, -0.2) is 4.68 Å². The molecule has 1 aromatic heterocycles. The summed E-state index contributed by atoms with van der Waals surface area (Å²) < 4.78 is 3.08. The summed E-state index contributed by atoms with van der Waals surface area (Å²) in [5.41, 5.74) is 1.90. The number of halogens is 2. The minimum Gasteiger partial charge on any atom is -0.295 e. The van der Waals surface area contributed by atoms with E-state index in [1.807, 2.05) is 18.2 Å². The van der Waals surface area contributed by atoms with Crippen molar-refractivity contribution in [3.63, 3.8) is 0 Å². The predicted molar refractivity (Wildman–Crippen MR) is 129 cm³/mol. The molecule has 0 unspecified atom stereocenters. The number of carbonyl (C=O) groups is 2. The summed E-state index contributed by atoms with van der Waals surface area (Å²) in [5.74, 6) is -1.08. The van der Waals surface area contributed by atoms with Crippen LogP contribution in [0.1, 0.15) is 32.0 Å². The zero-order valence-corrected chi connectivity index (χ0v) is 19.8. The van der Waals surface area contributed by atoms with Crippen molar-refractivity contribution in [2.45, 2.75) is 6.92 Å². The molecule has 0 saturated carbocycles. The van der Waals surface area contributed by atoms with Crippen molar-refractivity contribution < 1.29 is 9.59 Å². The molecule has 4 aromatic rings. The number of nitrogens with zero attached hydrogens (tertiary/aromatic N) is 3. The number of rotatable bonds is 3. The molecule has 158 valence electrons. The average Bonchev–Trinajstić information content (AvgIpc) is 3.07. The summed E-state index contributed by atoms with van der Waals surface area (Å²) in [4.78, 5) is 39.0. The molecule has 5 rings (SSSR count). The van der Waals surface area contributed by atoms with E-state index in [-0.39, 0.29) is 11.1 Å². The lowest BCUT2D eigenvalue weighted by molar-refractivity contribution is 0.0616. The maximum atomic E-state index is 13.1.